The van der Waals surface area contributed by atoms with Crippen LogP contribution in [0.5, 0.6) is 17.2 Å². The topological polar surface area (TPSA) is 65.0 Å². The van der Waals surface area contributed by atoms with E-state index in [0.717, 1.165) is 60.3 Å². The molecule has 0 amide bonds. The third-order valence-corrected chi connectivity index (χ3v) is 5.76. The van der Waals surface area contributed by atoms with Crippen LogP contribution in [-0.2, 0) is 36.8 Å². The largest absolute Gasteiger partial charge is 0.493 e. The second-order valence-electron chi connectivity index (χ2n) is 8.29. The van der Waals surface area contributed by atoms with Crippen LogP contribution in [0.2, 0.25) is 0 Å². The molecule has 0 bridgehead atoms. The lowest BCUT2D eigenvalue weighted by molar-refractivity contribution is -0.139. The Bertz CT molecular complexity index is 1160. The molecule has 1 aliphatic rings. The Morgan fingerprint density at radius 3 is 2.31 bits per heavy atom. The van der Waals surface area contributed by atoms with Crippen molar-refractivity contribution in [2.75, 3.05) is 13.2 Å². The summed E-state index contributed by atoms with van der Waals surface area (Å²) in [5.41, 5.74) is 3.04. The molecule has 0 aromatic heterocycles. The molecule has 1 aliphatic heterocycles. The number of carbonyl (C=O) groups is 1. The fraction of sp³-hybridized carbons (Fsp3) is 0.296. The van der Waals surface area contributed by atoms with Gasteiger partial charge in [0, 0.05) is 5.56 Å². The van der Waals surface area contributed by atoms with Gasteiger partial charge in [-0.25, -0.2) is 4.79 Å². The average Bonchev–Trinajstić information content (AvgIpc) is 2.85. The first-order valence-corrected chi connectivity index (χ1v) is 11.3. The molecule has 184 valence electrons. The molecule has 4 rings (SSSR count). The summed E-state index contributed by atoms with van der Waals surface area (Å²) in [5.74, 6) is 0.955. The normalized spacial score (nSPS) is 13.0. The van der Waals surface area contributed by atoms with Crippen molar-refractivity contribution >= 4 is 5.97 Å². The Balaban J connectivity index is 1.34. The first-order chi connectivity index (χ1) is 16.8. The summed E-state index contributed by atoms with van der Waals surface area (Å²) in [5, 5.41) is 8.89. The van der Waals surface area contributed by atoms with E-state index in [2.05, 4.69) is 0 Å². The number of halogens is 3. The highest BCUT2D eigenvalue weighted by molar-refractivity contribution is 5.68. The van der Waals surface area contributed by atoms with Gasteiger partial charge >= 0.3 is 12.1 Å². The highest BCUT2D eigenvalue weighted by Gasteiger charge is 2.29. The zero-order chi connectivity index (χ0) is 24.8. The smallest absolute Gasteiger partial charge is 0.416 e. The number of carboxylic acids is 1. The van der Waals surface area contributed by atoms with E-state index in [-0.39, 0.29) is 13.2 Å². The van der Waals surface area contributed by atoms with Crippen molar-refractivity contribution in [2.24, 2.45) is 0 Å². The van der Waals surface area contributed by atoms with Gasteiger partial charge in [0.25, 0.3) is 0 Å². The van der Waals surface area contributed by atoms with Crippen LogP contribution in [0.4, 0.5) is 13.2 Å². The molecular weight excluding hydrogens is 461 g/mol. The van der Waals surface area contributed by atoms with E-state index in [1.54, 1.807) is 0 Å². The molecule has 3 aromatic carbocycles. The van der Waals surface area contributed by atoms with Crippen LogP contribution in [-0.4, -0.2) is 24.3 Å². The second kappa shape index (κ2) is 10.7. The van der Waals surface area contributed by atoms with Crippen LogP contribution >= 0.6 is 0 Å². The lowest BCUT2D eigenvalue weighted by Crippen LogP contribution is -2.15. The molecule has 0 spiro atoms. The Morgan fingerprint density at radius 2 is 1.63 bits per heavy atom. The van der Waals surface area contributed by atoms with Gasteiger partial charge in [0.2, 0.25) is 0 Å². The van der Waals surface area contributed by atoms with Gasteiger partial charge in [0.15, 0.2) is 6.61 Å². The minimum absolute atomic E-state index is 0.178. The molecule has 0 saturated carbocycles. The number of hydrogen-bond acceptors (Lipinski definition) is 4. The Kier molecular flexibility index (Phi) is 7.48. The maximum absolute atomic E-state index is 12.7. The number of aryl methyl sites for hydroxylation is 2. The molecule has 0 radical (unpaired) electrons. The van der Waals surface area contributed by atoms with Crippen molar-refractivity contribution in [1.82, 2.24) is 0 Å². The van der Waals surface area contributed by atoms with Crippen molar-refractivity contribution in [1.29, 1.82) is 0 Å². The molecule has 0 atom stereocenters. The van der Waals surface area contributed by atoms with Crippen molar-refractivity contribution in [3.63, 3.8) is 0 Å². The number of alkyl halides is 3. The number of fused-ring (bicyclic) bond motifs is 1. The molecule has 3 aromatic rings. The van der Waals surface area contributed by atoms with Gasteiger partial charge in [-0.15, -0.1) is 0 Å². The van der Waals surface area contributed by atoms with Gasteiger partial charge in [0.05, 0.1) is 12.2 Å². The summed E-state index contributed by atoms with van der Waals surface area (Å²) in [4.78, 5) is 10.8. The Morgan fingerprint density at radius 1 is 0.914 bits per heavy atom. The van der Waals surface area contributed by atoms with Crippen molar-refractivity contribution in [2.45, 2.75) is 38.5 Å². The highest BCUT2D eigenvalue weighted by Crippen LogP contribution is 2.37. The zero-order valence-electron chi connectivity index (χ0n) is 18.9. The second-order valence-corrected chi connectivity index (χ2v) is 8.29. The SMILES string of the molecule is O=C(O)COc1ccc(CCc2ccc(OCc3ccc(C(F)(F)F)cc3)cc2)c2c1CCCO2. The zero-order valence-corrected chi connectivity index (χ0v) is 18.9. The van der Waals surface area contributed by atoms with E-state index in [1.807, 2.05) is 36.4 Å². The predicted molar refractivity (Wildman–Crippen MR) is 123 cm³/mol. The third-order valence-electron chi connectivity index (χ3n) is 5.76. The number of hydrogen-bond donors (Lipinski definition) is 1. The lowest BCUT2D eigenvalue weighted by atomic mass is 9.97. The number of rotatable bonds is 9. The van der Waals surface area contributed by atoms with Gasteiger partial charge in [-0.05, 0) is 72.7 Å². The van der Waals surface area contributed by atoms with E-state index in [9.17, 15) is 18.0 Å². The average molecular weight is 486 g/mol. The monoisotopic (exact) mass is 486 g/mol. The highest BCUT2D eigenvalue weighted by atomic mass is 19.4. The van der Waals surface area contributed by atoms with Crippen LogP contribution in [0.15, 0.2) is 60.7 Å². The first-order valence-electron chi connectivity index (χ1n) is 11.3. The van der Waals surface area contributed by atoms with Gasteiger partial charge in [-0.1, -0.05) is 30.3 Å². The van der Waals surface area contributed by atoms with E-state index in [1.165, 1.54) is 12.1 Å². The molecule has 8 heteroatoms. The van der Waals surface area contributed by atoms with Crippen LogP contribution in [0.3, 0.4) is 0 Å². The standard InChI is InChI=1S/C27H25F3O5/c28-27(29,30)21-10-4-19(5-11-21)16-34-22-12-6-18(7-13-22)3-8-20-9-14-24(35-17-25(31)32)23-2-1-15-33-26(20)23/h4-7,9-14H,1-3,8,15-17H2,(H,31,32). The summed E-state index contributed by atoms with van der Waals surface area (Å²) in [6.07, 6.45) is -1.20. The fourth-order valence-corrected chi connectivity index (χ4v) is 3.96. The van der Waals surface area contributed by atoms with Crippen LogP contribution in [0.1, 0.15) is 34.2 Å². The van der Waals surface area contributed by atoms with Crippen molar-refractivity contribution in [3.05, 3.63) is 88.5 Å². The van der Waals surface area contributed by atoms with Crippen LogP contribution < -0.4 is 14.2 Å². The van der Waals surface area contributed by atoms with Crippen molar-refractivity contribution < 1.29 is 37.3 Å². The predicted octanol–water partition coefficient (Wildman–Crippen LogP) is 5.86. The third kappa shape index (κ3) is 6.47. The van der Waals surface area contributed by atoms with E-state index < -0.39 is 17.7 Å². The molecule has 0 fully saturated rings. The van der Waals surface area contributed by atoms with Gasteiger partial charge in [0.1, 0.15) is 23.9 Å². The van der Waals surface area contributed by atoms with Gasteiger partial charge in [-0.3, -0.25) is 0 Å². The summed E-state index contributed by atoms with van der Waals surface area (Å²) >= 11 is 0. The van der Waals surface area contributed by atoms with E-state index in [0.29, 0.717) is 23.7 Å². The molecule has 0 saturated heterocycles. The number of ether oxygens (including phenoxy) is 3. The molecule has 0 unspecified atom stereocenters. The van der Waals surface area contributed by atoms with E-state index >= 15 is 0 Å². The van der Waals surface area contributed by atoms with Gasteiger partial charge < -0.3 is 19.3 Å². The number of benzene rings is 3. The summed E-state index contributed by atoms with van der Waals surface area (Å²) in [6, 6.07) is 16.3. The minimum atomic E-state index is -4.35. The Labute approximate surface area is 201 Å². The molecule has 0 aliphatic carbocycles. The quantitative estimate of drug-likeness (QED) is 0.411. The molecule has 1 N–H and O–H groups in total. The molecular formula is C27H25F3O5. The van der Waals surface area contributed by atoms with Gasteiger partial charge in [-0.2, -0.15) is 13.2 Å². The van der Waals surface area contributed by atoms with E-state index in [4.69, 9.17) is 19.3 Å². The molecule has 35 heavy (non-hydrogen) atoms. The summed E-state index contributed by atoms with van der Waals surface area (Å²) < 4.78 is 55.1. The molecule has 5 nitrogen and oxygen atoms in total. The first kappa shape index (κ1) is 24.4. The number of carboxylic acid groups (broad SMARTS) is 1. The molecule has 1 heterocycles. The minimum Gasteiger partial charge on any atom is -0.493 e. The van der Waals surface area contributed by atoms with Crippen LogP contribution in [0, 0.1) is 0 Å². The summed E-state index contributed by atoms with van der Waals surface area (Å²) in [6.45, 7) is 0.406. The fourth-order valence-electron chi connectivity index (χ4n) is 3.96. The lowest BCUT2D eigenvalue weighted by Gasteiger charge is -2.23. The van der Waals surface area contributed by atoms with Crippen molar-refractivity contribution in [3.8, 4) is 17.2 Å². The number of aliphatic carboxylic acids is 1. The maximum Gasteiger partial charge on any atom is 0.416 e. The maximum atomic E-state index is 12.7. The Hall–Kier alpha value is -3.68. The van der Waals surface area contributed by atoms with Crippen LogP contribution in [0.25, 0.3) is 0 Å². The summed E-state index contributed by atoms with van der Waals surface area (Å²) in [7, 11) is 0.